The molecular weight excluding hydrogens is 310 g/mol. The van der Waals surface area contributed by atoms with E-state index in [0.717, 1.165) is 54.3 Å². The van der Waals surface area contributed by atoms with E-state index in [-0.39, 0.29) is 5.91 Å². The molecule has 2 rings (SSSR count). The largest absolute Gasteiger partial charge is 0.309 e. The molecule has 0 bridgehead atoms. The fourth-order valence-electron chi connectivity index (χ4n) is 2.88. The highest BCUT2D eigenvalue weighted by Crippen LogP contribution is 2.34. The number of pyridine rings is 1. The summed E-state index contributed by atoms with van der Waals surface area (Å²) in [6.45, 7) is 8.27. The Labute approximate surface area is 150 Å². The fourth-order valence-corrected chi connectivity index (χ4v) is 2.88. The highest BCUT2D eigenvalue weighted by molar-refractivity contribution is 5.99. The Morgan fingerprint density at radius 1 is 1.12 bits per heavy atom. The molecule has 0 atom stereocenters. The molecule has 1 heterocycles. The predicted molar refractivity (Wildman–Crippen MR) is 107 cm³/mol. The molecule has 134 valence electrons. The van der Waals surface area contributed by atoms with Gasteiger partial charge in [0, 0.05) is 17.5 Å². The van der Waals surface area contributed by atoms with Gasteiger partial charge in [0.1, 0.15) is 5.69 Å². The van der Waals surface area contributed by atoms with Crippen LogP contribution in [0.2, 0.25) is 0 Å². The van der Waals surface area contributed by atoms with Gasteiger partial charge in [-0.25, -0.2) is 4.98 Å². The zero-order chi connectivity index (χ0) is 18.2. The minimum Gasteiger partial charge on any atom is -0.309 e. The van der Waals surface area contributed by atoms with Gasteiger partial charge in [-0.3, -0.25) is 9.79 Å². The number of hydrogen-bond acceptors (Lipinski definition) is 3. The van der Waals surface area contributed by atoms with Crippen molar-refractivity contribution in [3.8, 4) is 0 Å². The van der Waals surface area contributed by atoms with Crippen LogP contribution in [0.1, 0.15) is 64.9 Å². The number of nitrogens with one attached hydrogen (secondary N) is 1. The molecule has 1 N–H and O–H groups in total. The van der Waals surface area contributed by atoms with Crippen molar-refractivity contribution < 1.29 is 4.79 Å². The van der Waals surface area contributed by atoms with E-state index >= 15 is 0 Å². The molecule has 1 aromatic heterocycles. The van der Waals surface area contributed by atoms with Crippen LogP contribution in [-0.4, -0.2) is 16.6 Å². The lowest BCUT2D eigenvalue weighted by molar-refractivity contribution is -0.115. The van der Waals surface area contributed by atoms with Gasteiger partial charge >= 0.3 is 0 Å². The average molecular weight is 339 g/mol. The molecule has 1 amide bonds. The molecule has 0 radical (unpaired) electrons. The van der Waals surface area contributed by atoms with Gasteiger partial charge in [-0.1, -0.05) is 51.8 Å². The van der Waals surface area contributed by atoms with E-state index < -0.39 is 0 Å². The standard InChI is InChI=1S/C21H29N3O/c1-5-8-12-16(11-6-2)22-20-15(4)17-13-9-10-14-18(17)23-21(20)24-19(25)7-3/h9-10,13-14H,5-8,11-12H2,1-4H3,(H,23,24,25). The predicted octanol–water partition coefficient (Wildman–Crippen LogP) is 5.95. The zero-order valence-electron chi connectivity index (χ0n) is 15.9. The van der Waals surface area contributed by atoms with Crippen molar-refractivity contribution in [1.29, 1.82) is 0 Å². The number of fused-ring (bicyclic) bond motifs is 1. The summed E-state index contributed by atoms with van der Waals surface area (Å²) >= 11 is 0. The molecule has 25 heavy (non-hydrogen) atoms. The summed E-state index contributed by atoms with van der Waals surface area (Å²) in [5, 5.41) is 4.02. The number of aliphatic imine (C=N–C) groups is 1. The second-order valence-electron chi connectivity index (χ2n) is 6.38. The van der Waals surface area contributed by atoms with Gasteiger partial charge in [0.2, 0.25) is 5.91 Å². The molecule has 4 nitrogen and oxygen atoms in total. The minimum absolute atomic E-state index is 0.0377. The molecule has 2 aromatic rings. The summed E-state index contributed by atoms with van der Waals surface area (Å²) in [4.78, 5) is 21.6. The van der Waals surface area contributed by atoms with Crippen molar-refractivity contribution in [3.05, 3.63) is 29.8 Å². The van der Waals surface area contributed by atoms with Crippen molar-refractivity contribution in [3.63, 3.8) is 0 Å². The maximum absolute atomic E-state index is 12.0. The van der Waals surface area contributed by atoms with Crippen LogP contribution < -0.4 is 5.32 Å². The number of nitrogens with zero attached hydrogens (tertiary/aromatic N) is 2. The third kappa shape index (κ3) is 4.88. The van der Waals surface area contributed by atoms with Crippen LogP contribution in [0, 0.1) is 6.92 Å². The van der Waals surface area contributed by atoms with E-state index in [2.05, 4.69) is 37.1 Å². The van der Waals surface area contributed by atoms with Gasteiger partial charge in [-0.2, -0.15) is 0 Å². The summed E-state index contributed by atoms with van der Waals surface area (Å²) in [5.41, 5.74) is 3.95. The highest BCUT2D eigenvalue weighted by Gasteiger charge is 2.14. The monoisotopic (exact) mass is 339 g/mol. The van der Waals surface area contributed by atoms with Crippen LogP contribution in [0.3, 0.4) is 0 Å². The number of unbranched alkanes of at least 4 members (excludes halogenated alkanes) is 1. The first-order chi connectivity index (χ1) is 12.1. The number of carbonyl (C=O) groups excluding carboxylic acids is 1. The lowest BCUT2D eigenvalue weighted by Crippen LogP contribution is -2.12. The van der Waals surface area contributed by atoms with Crippen molar-refractivity contribution in [2.45, 2.75) is 66.2 Å². The third-order valence-electron chi connectivity index (χ3n) is 4.33. The first kappa shape index (κ1) is 19.1. The van der Waals surface area contributed by atoms with E-state index in [1.165, 1.54) is 5.71 Å². The second kappa shape index (κ2) is 9.30. The highest BCUT2D eigenvalue weighted by atomic mass is 16.1. The Hall–Kier alpha value is -2.23. The molecule has 1 aromatic carbocycles. The minimum atomic E-state index is -0.0377. The molecule has 0 aliphatic carbocycles. The van der Waals surface area contributed by atoms with Crippen molar-refractivity contribution in [2.75, 3.05) is 5.32 Å². The Kier molecular flexibility index (Phi) is 7.11. The van der Waals surface area contributed by atoms with Crippen LogP contribution in [0.15, 0.2) is 29.3 Å². The van der Waals surface area contributed by atoms with Gasteiger partial charge in [0.15, 0.2) is 5.82 Å². The molecule has 0 fully saturated rings. The topological polar surface area (TPSA) is 54.4 Å². The van der Waals surface area contributed by atoms with Gasteiger partial charge < -0.3 is 5.32 Å². The summed E-state index contributed by atoms with van der Waals surface area (Å²) < 4.78 is 0. The summed E-state index contributed by atoms with van der Waals surface area (Å²) in [6.07, 6.45) is 5.76. The lowest BCUT2D eigenvalue weighted by atomic mass is 10.1. The van der Waals surface area contributed by atoms with E-state index in [1.807, 2.05) is 25.1 Å². The number of carbonyl (C=O) groups is 1. The van der Waals surface area contributed by atoms with Crippen LogP contribution in [0.4, 0.5) is 11.5 Å². The number of para-hydroxylation sites is 1. The normalized spacial score (nSPS) is 11.8. The van der Waals surface area contributed by atoms with E-state index in [0.29, 0.717) is 12.2 Å². The Morgan fingerprint density at radius 3 is 2.56 bits per heavy atom. The zero-order valence-corrected chi connectivity index (χ0v) is 15.9. The van der Waals surface area contributed by atoms with E-state index in [9.17, 15) is 4.79 Å². The fraction of sp³-hybridized carbons (Fsp3) is 0.476. The molecule has 0 aliphatic rings. The van der Waals surface area contributed by atoms with Crippen molar-refractivity contribution in [2.24, 2.45) is 4.99 Å². The average Bonchev–Trinajstić information content (AvgIpc) is 2.62. The Morgan fingerprint density at radius 2 is 1.88 bits per heavy atom. The second-order valence-corrected chi connectivity index (χ2v) is 6.38. The third-order valence-corrected chi connectivity index (χ3v) is 4.33. The van der Waals surface area contributed by atoms with Crippen LogP contribution >= 0.6 is 0 Å². The molecule has 0 aliphatic heterocycles. The summed E-state index contributed by atoms with van der Waals surface area (Å²) in [7, 11) is 0. The van der Waals surface area contributed by atoms with Crippen LogP contribution in [-0.2, 0) is 4.79 Å². The molecule has 0 unspecified atom stereocenters. The number of hydrogen-bond donors (Lipinski definition) is 1. The number of benzene rings is 1. The Balaban J connectivity index is 2.58. The summed E-state index contributed by atoms with van der Waals surface area (Å²) in [6, 6.07) is 8.01. The Bertz CT molecular complexity index is 765. The molecule has 0 spiro atoms. The number of anilines is 1. The maximum Gasteiger partial charge on any atom is 0.225 e. The van der Waals surface area contributed by atoms with Gasteiger partial charge in [0.05, 0.1) is 5.52 Å². The number of aryl methyl sites for hydroxylation is 1. The SMILES string of the molecule is CCCCC(CCC)=Nc1c(NC(=O)CC)nc2ccccc2c1C. The maximum atomic E-state index is 12.0. The van der Waals surface area contributed by atoms with Gasteiger partial charge in [-0.15, -0.1) is 0 Å². The van der Waals surface area contributed by atoms with Crippen molar-refractivity contribution >= 4 is 34.0 Å². The molecule has 0 saturated carbocycles. The number of aromatic nitrogens is 1. The quantitative estimate of drug-likeness (QED) is 0.604. The molecule has 0 saturated heterocycles. The van der Waals surface area contributed by atoms with Gasteiger partial charge in [0.25, 0.3) is 0 Å². The van der Waals surface area contributed by atoms with E-state index in [4.69, 9.17) is 4.99 Å². The van der Waals surface area contributed by atoms with Crippen LogP contribution in [0.25, 0.3) is 10.9 Å². The van der Waals surface area contributed by atoms with Crippen LogP contribution in [0.5, 0.6) is 0 Å². The molecular formula is C21H29N3O. The van der Waals surface area contributed by atoms with Gasteiger partial charge in [-0.05, 0) is 37.8 Å². The number of amides is 1. The molecule has 4 heteroatoms. The number of rotatable bonds is 8. The smallest absolute Gasteiger partial charge is 0.225 e. The summed E-state index contributed by atoms with van der Waals surface area (Å²) in [5.74, 6) is 0.539. The van der Waals surface area contributed by atoms with E-state index in [1.54, 1.807) is 0 Å². The first-order valence-electron chi connectivity index (χ1n) is 9.36. The lowest BCUT2D eigenvalue weighted by Gasteiger charge is -2.14. The van der Waals surface area contributed by atoms with Crippen molar-refractivity contribution in [1.82, 2.24) is 4.98 Å². The first-order valence-corrected chi connectivity index (χ1v) is 9.36.